The van der Waals surface area contributed by atoms with Crippen molar-refractivity contribution >= 4 is 5.91 Å². The number of likely N-dealkylation sites (tertiary alicyclic amines) is 1. The number of piperidine rings is 1. The van der Waals surface area contributed by atoms with Crippen LogP contribution in [-0.4, -0.2) is 36.0 Å². The Morgan fingerprint density at radius 2 is 1.78 bits per heavy atom. The van der Waals surface area contributed by atoms with Gasteiger partial charge < -0.3 is 10.1 Å². The van der Waals surface area contributed by atoms with Crippen molar-refractivity contribution in [1.82, 2.24) is 10.2 Å². The van der Waals surface area contributed by atoms with E-state index in [2.05, 4.69) is 49.2 Å². The maximum atomic E-state index is 12.1. The number of nitrogens with zero attached hydrogens (tertiary/aromatic N) is 1. The van der Waals surface area contributed by atoms with Gasteiger partial charge in [0, 0.05) is 30.5 Å². The number of hydrogen-bond acceptors (Lipinski definition) is 3. The third kappa shape index (κ3) is 6.71. The van der Waals surface area contributed by atoms with Crippen molar-refractivity contribution in [3.8, 4) is 5.75 Å². The van der Waals surface area contributed by atoms with Crippen LogP contribution in [0.25, 0.3) is 0 Å². The van der Waals surface area contributed by atoms with Crippen LogP contribution in [-0.2, 0) is 17.8 Å². The molecule has 4 heteroatoms. The van der Waals surface area contributed by atoms with Crippen molar-refractivity contribution in [1.29, 1.82) is 0 Å². The Labute approximate surface area is 195 Å². The molecule has 0 unspecified atom stereocenters. The third-order valence-corrected chi connectivity index (χ3v) is 6.87. The van der Waals surface area contributed by atoms with Gasteiger partial charge >= 0.3 is 0 Å². The first-order valence-corrected chi connectivity index (χ1v) is 12.3. The first-order chi connectivity index (χ1) is 15.3. The number of amides is 1. The molecule has 0 spiro atoms. The van der Waals surface area contributed by atoms with E-state index in [-0.39, 0.29) is 16.9 Å². The molecule has 1 amide bonds. The second kappa shape index (κ2) is 10.7. The van der Waals surface area contributed by atoms with Crippen LogP contribution in [0, 0.1) is 11.3 Å². The minimum atomic E-state index is -0.0815. The van der Waals surface area contributed by atoms with E-state index in [0.29, 0.717) is 5.92 Å². The Bertz CT molecular complexity index is 818. The number of hydrogen-bond donors (Lipinski definition) is 1. The van der Waals surface area contributed by atoms with E-state index >= 15 is 0 Å². The number of rotatable bonds is 6. The summed E-state index contributed by atoms with van der Waals surface area (Å²) in [6.07, 6.45) is 13.4. The fourth-order valence-electron chi connectivity index (χ4n) is 4.48. The number of carbonyl (C=O) groups is 1. The average Bonchev–Trinajstić information content (AvgIpc) is 3.43. The number of benzene rings is 1. The number of carbonyl (C=O) groups excluding carboxylic acids is 1. The predicted molar refractivity (Wildman–Crippen MR) is 133 cm³/mol. The molecule has 3 aliphatic rings. The zero-order valence-electron chi connectivity index (χ0n) is 20.7. The molecule has 176 valence electrons. The van der Waals surface area contributed by atoms with E-state index in [0.717, 1.165) is 51.2 Å². The minimum absolute atomic E-state index is 0.0534. The molecule has 1 saturated heterocycles. The quantitative estimate of drug-likeness (QED) is 0.582. The first kappa shape index (κ1) is 24.6. The summed E-state index contributed by atoms with van der Waals surface area (Å²) in [5, 5.41) is 3.18. The van der Waals surface area contributed by atoms with Crippen LogP contribution in [0.5, 0.6) is 5.75 Å². The molecule has 1 saturated carbocycles. The SMILES string of the molecule is C/C=C\C=C/C.CC1(C)Cc2cccc(CN3CCC(CNC(=O)C4(C)CC4)CC3)c2O1. The molecular formula is C28H42N2O2. The van der Waals surface area contributed by atoms with Crippen molar-refractivity contribution in [2.75, 3.05) is 19.6 Å². The number of allylic oxidation sites excluding steroid dienone is 4. The van der Waals surface area contributed by atoms with Gasteiger partial charge in [0.15, 0.2) is 0 Å². The molecule has 4 nitrogen and oxygen atoms in total. The summed E-state index contributed by atoms with van der Waals surface area (Å²) in [6.45, 7) is 14.4. The standard InChI is InChI=1S/C22H32N2O2.C6H10/c1-21(2)13-17-5-4-6-18(19(17)26-21)15-24-11-7-16(8-12-24)14-23-20(25)22(3)9-10-22;1-3-5-6-4-2/h4-6,16H,7-15H2,1-3H3,(H,23,25);3-6H,1-2H3/b;5-3-,6-4-. The molecule has 1 aliphatic carbocycles. The number of ether oxygens (including phenoxy) is 1. The lowest BCUT2D eigenvalue weighted by Crippen LogP contribution is -2.40. The summed E-state index contributed by atoms with van der Waals surface area (Å²) < 4.78 is 6.22. The molecule has 4 rings (SSSR count). The fraction of sp³-hybridized carbons (Fsp3) is 0.607. The van der Waals surface area contributed by atoms with Crippen molar-refractivity contribution in [3.63, 3.8) is 0 Å². The molecule has 0 atom stereocenters. The highest BCUT2D eigenvalue weighted by molar-refractivity contribution is 5.84. The van der Waals surface area contributed by atoms with Gasteiger partial charge in [0.2, 0.25) is 5.91 Å². The number of fused-ring (bicyclic) bond motifs is 1. The summed E-state index contributed by atoms with van der Waals surface area (Å²) in [4.78, 5) is 14.6. The molecule has 1 N–H and O–H groups in total. The second-order valence-corrected chi connectivity index (χ2v) is 10.5. The van der Waals surface area contributed by atoms with Crippen LogP contribution in [0.3, 0.4) is 0 Å². The Kier molecular flexibility index (Phi) is 8.21. The minimum Gasteiger partial charge on any atom is -0.487 e. The van der Waals surface area contributed by atoms with E-state index in [1.807, 2.05) is 38.2 Å². The fourth-order valence-corrected chi connectivity index (χ4v) is 4.48. The van der Waals surface area contributed by atoms with Gasteiger partial charge in [-0.3, -0.25) is 9.69 Å². The van der Waals surface area contributed by atoms with Gasteiger partial charge in [-0.1, -0.05) is 49.4 Å². The number of nitrogens with one attached hydrogen (secondary N) is 1. The first-order valence-electron chi connectivity index (χ1n) is 12.3. The topological polar surface area (TPSA) is 41.6 Å². The predicted octanol–water partition coefficient (Wildman–Crippen LogP) is 5.67. The molecule has 2 heterocycles. The van der Waals surface area contributed by atoms with Crippen molar-refractivity contribution in [2.45, 2.75) is 78.9 Å². The molecular weight excluding hydrogens is 396 g/mol. The van der Waals surface area contributed by atoms with Gasteiger partial charge in [-0.25, -0.2) is 0 Å². The smallest absolute Gasteiger partial charge is 0.225 e. The average molecular weight is 439 g/mol. The van der Waals surface area contributed by atoms with E-state index in [9.17, 15) is 4.79 Å². The molecule has 2 fully saturated rings. The van der Waals surface area contributed by atoms with Gasteiger partial charge in [-0.15, -0.1) is 0 Å². The van der Waals surface area contributed by atoms with Gasteiger partial charge in [0.25, 0.3) is 0 Å². The van der Waals surface area contributed by atoms with Crippen molar-refractivity contribution in [3.05, 3.63) is 53.6 Å². The lowest BCUT2D eigenvalue weighted by atomic mass is 9.95. The van der Waals surface area contributed by atoms with Crippen LogP contribution in [0.2, 0.25) is 0 Å². The Balaban J connectivity index is 0.000000427. The second-order valence-electron chi connectivity index (χ2n) is 10.5. The highest BCUT2D eigenvalue weighted by Gasteiger charge is 2.44. The van der Waals surface area contributed by atoms with Crippen molar-refractivity contribution < 1.29 is 9.53 Å². The summed E-state index contributed by atoms with van der Waals surface area (Å²) >= 11 is 0. The molecule has 2 aliphatic heterocycles. The van der Waals surface area contributed by atoms with Gasteiger partial charge in [0.05, 0.1) is 0 Å². The van der Waals surface area contributed by atoms with E-state index in [1.165, 1.54) is 24.0 Å². The summed E-state index contributed by atoms with van der Waals surface area (Å²) in [7, 11) is 0. The molecule has 1 aromatic carbocycles. The largest absolute Gasteiger partial charge is 0.487 e. The van der Waals surface area contributed by atoms with Gasteiger partial charge in [0.1, 0.15) is 11.4 Å². The maximum Gasteiger partial charge on any atom is 0.225 e. The molecule has 0 radical (unpaired) electrons. The molecule has 1 aromatic rings. The normalized spacial score (nSPS) is 21.7. The van der Waals surface area contributed by atoms with Gasteiger partial charge in [-0.05, 0) is 77.9 Å². The monoisotopic (exact) mass is 438 g/mol. The van der Waals surface area contributed by atoms with Crippen LogP contribution < -0.4 is 10.1 Å². The van der Waals surface area contributed by atoms with Crippen molar-refractivity contribution in [2.24, 2.45) is 11.3 Å². The van der Waals surface area contributed by atoms with E-state index in [4.69, 9.17) is 4.74 Å². The summed E-state index contributed by atoms with van der Waals surface area (Å²) in [5.74, 6) is 2.00. The highest BCUT2D eigenvalue weighted by atomic mass is 16.5. The summed E-state index contributed by atoms with van der Waals surface area (Å²) in [6, 6.07) is 6.57. The van der Waals surface area contributed by atoms with Gasteiger partial charge in [-0.2, -0.15) is 0 Å². The van der Waals surface area contributed by atoms with Crippen LogP contribution in [0.15, 0.2) is 42.5 Å². The lowest BCUT2D eigenvalue weighted by Gasteiger charge is -2.32. The van der Waals surface area contributed by atoms with Crippen LogP contribution in [0.1, 0.15) is 71.4 Å². The van der Waals surface area contributed by atoms with E-state index in [1.54, 1.807) is 0 Å². The molecule has 32 heavy (non-hydrogen) atoms. The van der Waals surface area contributed by atoms with Crippen LogP contribution in [0.4, 0.5) is 0 Å². The van der Waals surface area contributed by atoms with Crippen LogP contribution >= 0.6 is 0 Å². The van der Waals surface area contributed by atoms with E-state index < -0.39 is 0 Å². The number of para-hydroxylation sites is 1. The molecule has 0 aromatic heterocycles. The third-order valence-electron chi connectivity index (χ3n) is 6.87. The summed E-state index contributed by atoms with van der Waals surface area (Å²) in [5.41, 5.74) is 2.53. The zero-order chi connectivity index (χ0) is 23.2. The Hall–Kier alpha value is -2.07. The highest BCUT2D eigenvalue weighted by Crippen LogP contribution is 2.45. The maximum absolute atomic E-state index is 12.1. The Morgan fingerprint density at radius 3 is 2.38 bits per heavy atom. The zero-order valence-corrected chi connectivity index (χ0v) is 20.7. The Morgan fingerprint density at radius 1 is 1.12 bits per heavy atom. The molecule has 0 bridgehead atoms. The lowest BCUT2D eigenvalue weighted by molar-refractivity contribution is -0.126.